The second-order valence-corrected chi connectivity index (χ2v) is 10.7. The summed E-state index contributed by atoms with van der Waals surface area (Å²) in [5.41, 5.74) is 2.93. The van der Waals surface area contributed by atoms with Crippen LogP contribution >= 0.6 is 0 Å². The van der Waals surface area contributed by atoms with Crippen LogP contribution in [-0.4, -0.2) is 45.0 Å². The normalized spacial score (nSPS) is 17.4. The molecule has 0 bridgehead atoms. The van der Waals surface area contributed by atoms with Crippen molar-refractivity contribution >= 4 is 27.3 Å². The van der Waals surface area contributed by atoms with Gasteiger partial charge in [0.15, 0.2) is 9.84 Å². The number of anilines is 1. The summed E-state index contributed by atoms with van der Waals surface area (Å²) in [5.74, 6) is -0.520. The van der Waals surface area contributed by atoms with Gasteiger partial charge in [0.2, 0.25) is 11.8 Å². The molecule has 2 aromatic carbocycles. The first-order valence-electron chi connectivity index (χ1n) is 11.1. The molecule has 0 N–H and O–H groups in total. The number of nitrogens with zero attached hydrogens (tertiary/aromatic N) is 2. The molecule has 7 heteroatoms. The SMILES string of the molecule is CCCCc1ccc(N2CC(C(=O)N(C)C(C)c3ccc(S(C)(=O)=O)cc3)CC2=O)cc1. The van der Waals surface area contributed by atoms with Crippen LogP contribution in [0.15, 0.2) is 53.4 Å². The lowest BCUT2D eigenvalue weighted by Crippen LogP contribution is -2.36. The van der Waals surface area contributed by atoms with E-state index in [2.05, 4.69) is 19.1 Å². The Balaban J connectivity index is 1.66. The van der Waals surface area contributed by atoms with Gasteiger partial charge >= 0.3 is 0 Å². The smallest absolute Gasteiger partial charge is 0.228 e. The van der Waals surface area contributed by atoms with Crippen LogP contribution < -0.4 is 4.90 Å². The number of hydrogen-bond donors (Lipinski definition) is 0. The molecule has 1 aliphatic heterocycles. The summed E-state index contributed by atoms with van der Waals surface area (Å²) in [4.78, 5) is 29.4. The van der Waals surface area contributed by atoms with E-state index >= 15 is 0 Å². The Morgan fingerprint density at radius 2 is 1.75 bits per heavy atom. The van der Waals surface area contributed by atoms with Crippen LogP contribution in [0, 0.1) is 5.92 Å². The summed E-state index contributed by atoms with van der Waals surface area (Å²) in [6.45, 7) is 4.43. The van der Waals surface area contributed by atoms with Gasteiger partial charge in [0.25, 0.3) is 0 Å². The number of amides is 2. The summed E-state index contributed by atoms with van der Waals surface area (Å²) >= 11 is 0. The molecule has 32 heavy (non-hydrogen) atoms. The average molecular weight is 457 g/mol. The molecule has 0 spiro atoms. The molecule has 0 aromatic heterocycles. The summed E-state index contributed by atoms with van der Waals surface area (Å²) in [7, 11) is -1.54. The minimum Gasteiger partial charge on any atom is -0.339 e. The van der Waals surface area contributed by atoms with Gasteiger partial charge in [0.1, 0.15) is 0 Å². The van der Waals surface area contributed by atoms with E-state index < -0.39 is 15.8 Å². The molecule has 0 aliphatic carbocycles. The highest BCUT2D eigenvalue weighted by Gasteiger charge is 2.37. The van der Waals surface area contributed by atoms with Crippen molar-refractivity contribution in [1.29, 1.82) is 0 Å². The lowest BCUT2D eigenvalue weighted by atomic mass is 10.0. The van der Waals surface area contributed by atoms with Gasteiger partial charge in [-0.2, -0.15) is 0 Å². The molecule has 2 amide bonds. The maximum Gasteiger partial charge on any atom is 0.228 e. The fourth-order valence-corrected chi connectivity index (χ4v) is 4.67. The third-order valence-corrected chi connectivity index (χ3v) is 7.39. The standard InChI is InChI=1S/C25H32N2O4S/c1-5-6-7-19-8-12-22(13-9-19)27-17-21(16-24(27)28)25(29)26(3)18(2)20-10-14-23(15-11-20)32(4,30)31/h8-15,18,21H,5-7,16-17H2,1-4H3. The van der Waals surface area contributed by atoms with Crippen molar-refractivity contribution in [3.05, 3.63) is 59.7 Å². The summed E-state index contributed by atoms with van der Waals surface area (Å²) in [5, 5.41) is 0. The Morgan fingerprint density at radius 1 is 1.12 bits per heavy atom. The summed E-state index contributed by atoms with van der Waals surface area (Å²) in [6, 6.07) is 14.4. The van der Waals surface area contributed by atoms with Crippen molar-refractivity contribution < 1.29 is 18.0 Å². The fourth-order valence-electron chi connectivity index (χ4n) is 4.04. The Hall–Kier alpha value is -2.67. The summed E-state index contributed by atoms with van der Waals surface area (Å²) in [6.07, 6.45) is 4.67. The lowest BCUT2D eigenvalue weighted by molar-refractivity contribution is -0.136. The zero-order valence-corrected chi connectivity index (χ0v) is 20.1. The zero-order valence-electron chi connectivity index (χ0n) is 19.2. The number of benzene rings is 2. The number of carbonyl (C=O) groups is 2. The predicted octanol–water partition coefficient (Wildman–Crippen LogP) is 4.01. The minimum absolute atomic E-state index is 0.0387. The van der Waals surface area contributed by atoms with Crippen molar-refractivity contribution in [1.82, 2.24) is 4.90 Å². The molecular formula is C25H32N2O4S. The average Bonchev–Trinajstić information content (AvgIpc) is 3.17. The molecular weight excluding hydrogens is 424 g/mol. The van der Waals surface area contributed by atoms with Crippen molar-refractivity contribution in [2.45, 2.75) is 50.5 Å². The highest BCUT2D eigenvalue weighted by Crippen LogP contribution is 2.29. The van der Waals surface area contributed by atoms with Crippen LogP contribution in [0.5, 0.6) is 0 Å². The number of unbranched alkanes of at least 4 members (excludes halogenated alkanes) is 1. The van der Waals surface area contributed by atoms with Crippen molar-refractivity contribution in [2.24, 2.45) is 5.92 Å². The number of aryl methyl sites for hydroxylation is 1. The van der Waals surface area contributed by atoms with Crippen LogP contribution in [0.1, 0.15) is 50.3 Å². The van der Waals surface area contributed by atoms with Crippen molar-refractivity contribution in [2.75, 3.05) is 24.7 Å². The molecule has 1 saturated heterocycles. The first-order chi connectivity index (χ1) is 15.1. The number of hydrogen-bond acceptors (Lipinski definition) is 4. The Morgan fingerprint density at radius 3 is 2.31 bits per heavy atom. The maximum atomic E-state index is 13.1. The third-order valence-electron chi connectivity index (χ3n) is 6.26. The van der Waals surface area contributed by atoms with Crippen molar-refractivity contribution in [3.8, 4) is 0 Å². The van der Waals surface area contributed by atoms with Crippen LogP contribution in [0.4, 0.5) is 5.69 Å². The van der Waals surface area contributed by atoms with Gasteiger partial charge in [-0.05, 0) is 55.2 Å². The highest BCUT2D eigenvalue weighted by atomic mass is 32.2. The van der Waals surface area contributed by atoms with Gasteiger partial charge in [-0.1, -0.05) is 37.6 Å². The molecule has 3 rings (SSSR count). The van der Waals surface area contributed by atoms with E-state index in [4.69, 9.17) is 0 Å². The van der Waals surface area contributed by atoms with Gasteiger partial charge in [0.05, 0.1) is 16.9 Å². The highest BCUT2D eigenvalue weighted by molar-refractivity contribution is 7.90. The van der Waals surface area contributed by atoms with E-state index in [0.717, 1.165) is 30.5 Å². The number of carbonyl (C=O) groups excluding carboxylic acids is 2. The van der Waals surface area contributed by atoms with E-state index in [9.17, 15) is 18.0 Å². The molecule has 6 nitrogen and oxygen atoms in total. The molecule has 2 aromatic rings. The van der Waals surface area contributed by atoms with Gasteiger partial charge in [-0.25, -0.2) is 8.42 Å². The van der Waals surface area contributed by atoms with Gasteiger partial charge in [0, 0.05) is 32.0 Å². The van der Waals surface area contributed by atoms with E-state index in [1.165, 1.54) is 11.8 Å². The minimum atomic E-state index is -3.26. The van der Waals surface area contributed by atoms with Gasteiger partial charge < -0.3 is 9.80 Å². The first-order valence-corrected chi connectivity index (χ1v) is 13.0. The van der Waals surface area contributed by atoms with Crippen LogP contribution in [-0.2, 0) is 25.8 Å². The van der Waals surface area contributed by atoms with E-state index in [1.807, 2.05) is 19.1 Å². The molecule has 1 fully saturated rings. The molecule has 2 unspecified atom stereocenters. The molecule has 0 radical (unpaired) electrons. The second kappa shape index (κ2) is 9.86. The predicted molar refractivity (Wildman–Crippen MR) is 126 cm³/mol. The number of rotatable bonds is 8. The third kappa shape index (κ3) is 5.38. The van der Waals surface area contributed by atoms with Crippen LogP contribution in [0.2, 0.25) is 0 Å². The first kappa shape index (κ1) is 24.0. The van der Waals surface area contributed by atoms with Crippen molar-refractivity contribution in [3.63, 3.8) is 0 Å². The molecule has 172 valence electrons. The molecule has 2 atom stereocenters. The van der Waals surface area contributed by atoms with Gasteiger partial charge in [-0.15, -0.1) is 0 Å². The number of sulfone groups is 1. The van der Waals surface area contributed by atoms with E-state index in [0.29, 0.717) is 6.54 Å². The lowest BCUT2D eigenvalue weighted by Gasteiger charge is -2.28. The fraction of sp³-hybridized carbons (Fsp3) is 0.440. The molecule has 0 saturated carbocycles. The van der Waals surface area contributed by atoms with Crippen LogP contribution in [0.25, 0.3) is 0 Å². The largest absolute Gasteiger partial charge is 0.339 e. The Labute approximate surface area is 191 Å². The second-order valence-electron chi connectivity index (χ2n) is 8.64. The molecule has 1 heterocycles. The Bertz CT molecular complexity index is 1060. The summed E-state index contributed by atoms with van der Waals surface area (Å²) < 4.78 is 23.3. The van der Waals surface area contributed by atoms with E-state index in [-0.39, 0.29) is 29.2 Å². The zero-order chi connectivity index (χ0) is 23.5. The van der Waals surface area contributed by atoms with E-state index in [1.54, 1.807) is 41.1 Å². The van der Waals surface area contributed by atoms with Crippen LogP contribution in [0.3, 0.4) is 0 Å². The maximum absolute atomic E-state index is 13.1. The molecule has 1 aliphatic rings. The Kier molecular flexibility index (Phi) is 7.39. The van der Waals surface area contributed by atoms with Gasteiger partial charge in [-0.3, -0.25) is 9.59 Å². The topological polar surface area (TPSA) is 74.8 Å². The quantitative estimate of drug-likeness (QED) is 0.602. The monoisotopic (exact) mass is 456 g/mol.